The average molecular weight is 601 g/mol. The summed E-state index contributed by atoms with van der Waals surface area (Å²) in [5.41, 5.74) is 12.2. The molecule has 6 rings (SSSR count). The molecule has 6 aromatic carbocycles. The largest absolute Gasteiger partial charge is 0.310 e. The Hall–Kier alpha value is -5.08. The molecule has 0 fully saturated rings. The molecular weight excluding hydrogens is 556 g/mol. The van der Waals surface area contributed by atoms with Crippen molar-refractivity contribution in [1.29, 1.82) is 0 Å². The molecule has 0 saturated heterocycles. The van der Waals surface area contributed by atoms with Gasteiger partial charge in [-0.2, -0.15) is 0 Å². The molecule has 0 radical (unpaired) electrons. The van der Waals surface area contributed by atoms with Gasteiger partial charge in [-0.15, -0.1) is 0 Å². The molecular formula is C44H44N2. The van der Waals surface area contributed by atoms with Gasteiger partial charge >= 0.3 is 0 Å². The van der Waals surface area contributed by atoms with E-state index >= 15 is 0 Å². The molecule has 0 amide bonds. The van der Waals surface area contributed by atoms with Crippen molar-refractivity contribution in [2.24, 2.45) is 11.8 Å². The molecule has 0 unspecified atom stereocenters. The van der Waals surface area contributed by atoms with Crippen LogP contribution >= 0.6 is 0 Å². The van der Waals surface area contributed by atoms with Crippen molar-refractivity contribution in [3.63, 3.8) is 0 Å². The third-order valence-corrected chi connectivity index (χ3v) is 8.33. The Balaban J connectivity index is 1.34. The molecule has 46 heavy (non-hydrogen) atoms. The lowest BCUT2D eigenvalue weighted by Gasteiger charge is -2.28. The Bertz CT molecular complexity index is 1680. The molecule has 0 N–H and O–H groups in total. The van der Waals surface area contributed by atoms with Gasteiger partial charge in [0, 0.05) is 34.1 Å². The highest BCUT2D eigenvalue weighted by atomic mass is 15.1. The van der Waals surface area contributed by atoms with Gasteiger partial charge in [-0.25, -0.2) is 0 Å². The van der Waals surface area contributed by atoms with Gasteiger partial charge in [-0.05, 0) is 108 Å². The standard InChI is InChI=1S/C44H44N2/c1-33(2)31-37-15-11-13-21-43(37)45(39-17-7-5-8-18-39)41-27-23-35(24-28-41)36-25-29-42(30-26-36)46(40-19-9-6-10-20-40)44-22-14-12-16-38(44)32-34(3)4/h5-30,33-34H,31-32H2,1-4H3. The van der Waals surface area contributed by atoms with Crippen LogP contribution in [0.5, 0.6) is 0 Å². The summed E-state index contributed by atoms with van der Waals surface area (Å²) >= 11 is 0. The van der Waals surface area contributed by atoms with Gasteiger partial charge in [0.15, 0.2) is 0 Å². The third kappa shape index (κ3) is 7.08. The summed E-state index contributed by atoms with van der Waals surface area (Å²) in [6.45, 7) is 9.14. The summed E-state index contributed by atoms with van der Waals surface area (Å²) in [6, 6.07) is 57.0. The van der Waals surface area contributed by atoms with Crippen molar-refractivity contribution in [3.8, 4) is 11.1 Å². The Kier molecular flexibility index (Phi) is 9.65. The third-order valence-electron chi connectivity index (χ3n) is 8.33. The van der Waals surface area contributed by atoms with E-state index < -0.39 is 0 Å². The van der Waals surface area contributed by atoms with Crippen LogP contribution in [-0.4, -0.2) is 0 Å². The van der Waals surface area contributed by atoms with Crippen LogP contribution in [0.2, 0.25) is 0 Å². The Morgan fingerprint density at radius 2 is 0.652 bits per heavy atom. The Morgan fingerprint density at radius 1 is 0.348 bits per heavy atom. The van der Waals surface area contributed by atoms with Gasteiger partial charge in [0.2, 0.25) is 0 Å². The van der Waals surface area contributed by atoms with Crippen molar-refractivity contribution in [2.75, 3.05) is 9.80 Å². The molecule has 0 atom stereocenters. The number of anilines is 6. The molecule has 0 saturated carbocycles. The fourth-order valence-electron chi connectivity index (χ4n) is 6.30. The van der Waals surface area contributed by atoms with Crippen molar-refractivity contribution < 1.29 is 0 Å². The minimum absolute atomic E-state index is 0.575. The van der Waals surface area contributed by atoms with Gasteiger partial charge in [-0.3, -0.25) is 0 Å². The predicted octanol–water partition coefficient (Wildman–Crippen LogP) is 12.7. The zero-order valence-corrected chi connectivity index (χ0v) is 27.5. The molecule has 0 aliphatic rings. The van der Waals surface area contributed by atoms with E-state index in [4.69, 9.17) is 0 Å². The summed E-state index contributed by atoms with van der Waals surface area (Å²) < 4.78 is 0. The van der Waals surface area contributed by atoms with Crippen LogP contribution in [0.3, 0.4) is 0 Å². The number of hydrogen-bond donors (Lipinski definition) is 0. The predicted molar refractivity (Wildman–Crippen MR) is 198 cm³/mol. The van der Waals surface area contributed by atoms with Crippen molar-refractivity contribution in [2.45, 2.75) is 40.5 Å². The zero-order chi connectivity index (χ0) is 31.9. The molecule has 0 spiro atoms. The second kappa shape index (κ2) is 14.3. The summed E-state index contributed by atoms with van der Waals surface area (Å²) in [5.74, 6) is 1.15. The normalized spacial score (nSPS) is 11.2. The first-order valence-corrected chi connectivity index (χ1v) is 16.5. The number of para-hydroxylation sites is 4. The fourth-order valence-corrected chi connectivity index (χ4v) is 6.30. The topological polar surface area (TPSA) is 6.48 Å². The maximum atomic E-state index is 2.39. The van der Waals surface area contributed by atoms with Crippen LogP contribution < -0.4 is 9.80 Å². The zero-order valence-electron chi connectivity index (χ0n) is 27.5. The Labute approximate surface area is 275 Å². The van der Waals surface area contributed by atoms with E-state index in [0.717, 1.165) is 35.6 Å². The summed E-state index contributed by atoms with van der Waals surface area (Å²) in [5, 5.41) is 0. The molecule has 2 heteroatoms. The minimum Gasteiger partial charge on any atom is -0.310 e. The number of hydrogen-bond acceptors (Lipinski definition) is 2. The number of nitrogens with zero attached hydrogens (tertiary/aromatic N) is 2. The molecule has 0 heterocycles. The smallest absolute Gasteiger partial charge is 0.0493 e. The highest BCUT2D eigenvalue weighted by Gasteiger charge is 2.18. The summed E-state index contributed by atoms with van der Waals surface area (Å²) in [7, 11) is 0. The molecule has 0 aliphatic heterocycles. The molecule has 0 aromatic heterocycles. The maximum absolute atomic E-state index is 2.39. The van der Waals surface area contributed by atoms with Gasteiger partial charge in [0.05, 0.1) is 0 Å². The van der Waals surface area contributed by atoms with E-state index in [1.54, 1.807) is 0 Å². The van der Waals surface area contributed by atoms with Crippen LogP contribution in [0, 0.1) is 11.8 Å². The second-order valence-electron chi connectivity index (χ2n) is 12.9. The average Bonchev–Trinajstić information content (AvgIpc) is 3.08. The van der Waals surface area contributed by atoms with E-state index in [1.165, 1.54) is 33.6 Å². The van der Waals surface area contributed by atoms with E-state index in [9.17, 15) is 0 Å². The molecule has 230 valence electrons. The van der Waals surface area contributed by atoms with Crippen LogP contribution in [-0.2, 0) is 12.8 Å². The van der Waals surface area contributed by atoms with Crippen molar-refractivity contribution in [3.05, 3.63) is 169 Å². The van der Waals surface area contributed by atoms with Crippen LogP contribution in [0.4, 0.5) is 34.1 Å². The van der Waals surface area contributed by atoms with Crippen LogP contribution in [0.1, 0.15) is 38.8 Å². The number of rotatable bonds is 11. The van der Waals surface area contributed by atoms with Gasteiger partial charge < -0.3 is 9.80 Å². The van der Waals surface area contributed by atoms with Crippen molar-refractivity contribution in [1.82, 2.24) is 0 Å². The molecule has 0 bridgehead atoms. The highest BCUT2D eigenvalue weighted by Crippen LogP contribution is 2.40. The van der Waals surface area contributed by atoms with Gasteiger partial charge in [0.25, 0.3) is 0 Å². The van der Waals surface area contributed by atoms with E-state index in [1.807, 2.05) is 0 Å². The lowest BCUT2D eigenvalue weighted by atomic mass is 9.99. The lowest BCUT2D eigenvalue weighted by Crippen LogP contribution is -2.13. The summed E-state index contributed by atoms with van der Waals surface area (Å²) in [4.78, 5) is 4.77. The van der Waals surface area contributed by atoms with Gasteiger partial charge in [0.1, 0.15) is 0 Å². The van der Waals surface area contributed by atoms with Crippen molar-refractivity contribution >= 4 is 34.1 Å². The lowest BCUT2D eigenvalue weighted by molar-refractivity contribution is 0.647. The SMILES string of the molecule is CC(C)Cc1ccccc1N(c1ccccc1)c1ccc(-c2ccc(N(c3ccccc3)c3ccccc3CC(C)C)cc2)cc1. The molecule has 0 aliphatic carbocycles. The first-order chi connectivity index (χ1) is 22.5. The minimum atomic E-state index is 0.575. The summed E-state index contributed by atoms with van der Waals surface area (Å²) in [6.07, 6.45) is 2.07. The van der Waals surface area contributed by atoms with E-state index in [2.05, 4.69) is 195 Å². The maximum Gasteiger partial charge on any atom is 0.0493 e. The van der Waals surface area contributed by atoms with Gasteiger partial charge in [-0.1, -0.05) is 125 Å². The molecule has 6 aromatic rings. The Morgan fingerprint density at radius 3 is 1.00 bits per heavy atom. The highest BCUT2D eigenvalue weighted by molar-refractivity contribution is 5.82. The molecule has 2 nitrogen and oxygen atoms in total. The van der Waals surface area contributed by atoms with Crippen LogP contribution in [0.15, 0.2) is 158 Å². The quantitative estimate of drug-likeness (QED) is 0.146. The van der Waals surface area contributed by atoms with Crippen LogP contribution in [0.25, 0.3) is 11.1 Å². The number of benzene rings is 6. The first kappa shape index (κ1) is 30.9. The fraction of sp³-hybridized carbons (Fsp3) is 0.182. The van der Waals surface area contributed by atoms with E-state index in [0.29, 0.717) is 11.8 Å². The first-order valence-electron chi connectivity index (χ1n) is 16.5. The second-order valence-corrected chi connectivity index (χ2v) is 12.9. The monoisotopic (exact) mass is 600 g/mol. The van der Waals surface area contributed by atoms with E-state index in [-0.39, 0.29) is 0 Å².